The van der Waals surface area contributed by atoms with Gasteiger partial charge >= 0.3 is 0 Å². The molecule has 2 rings (SSSR count). The third-order valence-electron chi connectivity index (χ3n) is 2.53. The van der Waals surface area contributed by atoms with E-state index < -0.39 is 9.05 Å². The molecule has 21 heavy (non-hydrogen) atoms. The van der Waals surface area contributed by atoms with Crippen LogP contribution in [0.2, 0.25) is 0 Å². The Labute approximate surface area is 135 Å². The van der Waals surface area contributed by atoms with Crippen molar-refractivity contribution in [2.24, 2.45) is 0 Å². The summed E-state index contributed by atoms with van der Waals surface area (Å²) in [4.78, 5) is 4.08. The van der Waals surface area contributed by atoms with E-state index in [0.717, 1.165) is 0 Å². The Hall–Kier alpha value is -1.31. The summed E-state index contributed by atoms with van der Waals surface area (Å²) in [7, 11) is 3.01. The molecule has 112 valence electrons. The van der Waals surface area contributed by atoms with Gasteiger partial charge in [0.2, 0.25) is 5.88 Å². The van der Waals surface area contributed by atoms with Crippen molar-refractivity contribution < 1.29 is 17.9 Å². The molecule has 5 nitrogen and oxygen atoms in total. The molecule has 1 heterocycles. The lowest BCUT2D eigenvalue weighted by Gasteiger charge is -2.10. The zero-order valence-corrected chi connectivity index (χ0v) is 14.1. The monoisotopic (exact) mass is 391 g/mol. The van der Waals surface area contributed by atoms with Gasteiger partial charge in [-0.1, -0.05) is 22.0 Å². The fourth-order valence-corrected chi connectivity index (χ4v) is 3.10. The molecule has 1 aromatic heterocycles. The molecule has 1 aromatic carbocycles. The molecule has 0 aliphatic carbocycles. The lowest BCUT2D eigenvalue weighted by Crippen LogP contribution is -2.03. The maximum Gasteiger partial charge on any atom is 0.265 e. The van der Waals surface area contributed by atoms with Crippen molar-refractivity contribution >= 4 is 35.7 Å². The molecule has 0 spiro atoms. The van der Waals surface area contributed by atoms with E-state index in [1.54, 1.807) is 24.3 Å². The maximum absolute atomic E-state index is 11.5. The van der Waals surface area contributed by atoms with E-state index >= 15 is 0 Å². The van der Waals surface area contributed by atoms with Gasteiger partial charge < -0.3 is 9.47 Å². The minimum atomic E-state index is -3.90. The zero-order valence-electron chi connectivity index (χ0n) is 10.9. The molecule has 0 unspecified atom stereocenters. The number of pyridine rings is 1. The van der Waals surface area contributed by atoms with Crippen LogP contribution in [-0.2, 0) is 15.7 Å². The van der Waals surface area contributed by atoms with E-state index in [9.17, 15) is 8.42 Å². The number of benzene rings is 1. The average molecular weight is 393 g/mol. The van der Waals surface area contributed by atoms with E-state index in [-0.39, 0.29) is 17.3 Å². The van der Waals surface area contributed by atoms with E-state index in [4.69, 9.17) is 20.2 Å². The molecule has 0 saturated heterocycles. The van der Waals surface area contributed by atoms with Crippen LogP contribution in [0.3, 0.4) is 0 Å². The molecular formula is C13H11BrClNO4S. The number of methoxy groups -OCH3 is 1. The Morgan fingerprint density at radius 3 is 2.71 bits per heavy atom. The number of halogens is 2. The van der Waals surface area contributed by atoms with Crippen LogP contribution in [0.5, 0.6) is 11.6 Å². The van der Waals surface area contributed by atoms with Gasteiger partial charge in [0.15, 0.2) is 0 Å². The van der Waals surface area contributed by atoms with Crippen molar-refractivity contribution in [2.75, 3.05) is 7.11 Å². The fourth-order valence-electron chi connectivity index (χ4n) is 1.60. The first-order chi connectivity index (χ1) is 9.90. The van der Waals surface area contributed by atoms with Gasteiger partial charge in [-0.15, -0.1) is 0 Å². The summed E-state index contributed by atoms with van der Waals surface area (Å²) in [5.41, 5.74) is 0.607. The minimum absolute atomic E-state index is 0.0955. The van der Waals surface area contributed by atoms with E-state index in [0.29, 0.717) is 16.0 Å². The first-order valence-corrected chi connectivity index (χ1v) is 8.87. The number of nitrogens with zero attached hydrogens (tertiary/aromatic N) is 1. The molecule has 0 fully saturated rings. The Balaban J connectivity index is 2.24. The highest BCUT2D eigenvalue weighted by Crippen LogP contribution is 2.30. The van der Waals surface area contributed by atoms with Gasteiger partial charge in [0.05, 0.1) is 12.8 Å². The first-order valence-electron chi connectivity index (χ1n) is 5.77. The number of rotatable bonds is 5. The third kappa shape index (κ3) is 4.33. The second-order valence-electron chi connectivity index (χ2n) is 3.99. The normalized spacial score (nSPS) is 11.2. The highest BCUT2D eigenvalue weighted by Gasteiger charge is 2.17. The first kappa shape index (κ1) is 16.1. The maximum atomic E-state index is 11.5. The van der Waals surface area contributed by atoms with Crippen LogP contribution in [0.25, 0.3) is 0 Å². The molecule has 8 heteroatoms. The molecular weight excluding hydrogens is 382 g/mol. The molecule has 0 N–H and O–H groups in total. The zero-order chi connectivity index (χ0) is 15.5. The summed E-state index contributed by atoms with van der Waals surface area (Å²) >= 11 is 3.20. The van der Waals surface area contributed by atoms with Crippen molar-refractivity contribution in [1.82, 2.24) is 4.98 Å². The molecule has 0 amide bonds. The van der Waals surface area contributed by atoms with Crippen LogP contribution < -0.4 is 9.47 Å². The van der Waals surface area contributed by atoms with Gasteiger partial charge in [-0.05, 0) is 24.3 Å². The minimum Gasteiger partial charge on any atom is -0.486 e. The molecule has 0 radical (unpaired) electrons. The van der Waals surface area contributed by atoms with E-state index in [2.05, 4.69) is 20.9 Å². The molecule has 0 aliphatic heterocycles. The molecule has 0 bridgehead atoms. The third-order valence-corrected chi connectivity index (χ3v) is 4.37. The summed E-state index contributed by atoms with van der Waals surface area (Å²) < 4.78 is 34.2. The highest BCUT2D eigenvalue weighted by molar-refractivity contribution is 9.10. The number of ether oxygens (including phenoxy) is 2. The molecule has 2 aromatic rings. The van der Waals surface area contributed by atoms with E-state index in [1.165, 1.54) is 19.2 Å². The van der Waals surface area contributed by atoms with Crippen molar-refractivity contribution in [3.05, 3.63) is 46.6 Å². The van der Waals surface area contributed by atoms with Gasteiger partial charge in [0, 0.05) is 21.2 Å². The van der Waals surface area contributed by atoms with Crippen LogP contribution in [0, 0.1) is 0 Å². The van der Waals surface area contributed by atoms with Crippen LogP contribution in [-0.4, -0.2) is 20.5 Å². The summed E-state index contributed by atoms with van der Waals surface area (Å²) in [6.45, 7) is 0.0955. The van der Waals surface area contributed by atoms with Crippen molar-refractivity contribution in [1.29, 1.82) is 0 Å². The Bertz CT molecular complexity index is 752. The Morgan fingerprint density at radius 1 is 1.29 bits per heavy atom. The van der Waals surface area contributed by atoms with Gasteiger partial charge in [-0.25, -0.2) is 13.4 Å². The molecule has 0 atom stereocenters. The van der Waals surface area contributed by atoms with Crippen LogP contribution in [0.4, 0.5) is 0 Å². The largest absolute Gasteiger partial charge is 0.486 e. The predicted octanol–water partition coefficient (Wildman–Crippen LogP) is 3.36. The Morgan fingerprint density at radius 2 is 2.05 bits per heavy atom. The fraction of sp³-hybridized carbons (Fsp3) is 0.154. The Kier molecular flexibility index (Phi) is 5.08. The van der Waals surface area contributed by atoms with Crippen LogP contribution in [0.1, 0.15) is 5.69 Å². The second kappa shape index (κ2) is 6.64. The summed E-state index contributed by atoms with van der Waals surface area (Å²) in [6, 6.07) is 9.80. The van der Waals surface area contributed by atoms with Gasteiger partial charge in [-0.2, -0.15) is 0 Å². The second-order valence-corrected chi connectivity index (χ2v) is 7.44. The smallest absolute Gasteiger partial charge is 0.265 e. The van der Waals surface area contributed by atoms with E-state index in [1.807, 2.05) is 0 Å². The highest BCUT2D eigenvalue weighted by atomic mass is 79.9. The number of aromatic nitrogens is 1. The molecule has 0 saturated carbocycles. The van der Waals surface area contributed by atoms with Gasteiger partial charge in [0.25, 0.3) is 9.05 Å². The topological polar surface area (TPSA) is 65.5 Å². The van der Waals surface area contributed by atoms with Crippen molar-refractivity contribution in [3.8, 4) is 11.6 Å². The summed E-state index contributed by atoms with van der Waals surface area (Å²) in [6.07, 6.45) is 0. The summed E-state index contributed by atoms with van der Waals surface area (Å²) in [5.74, 6) is 0.620. The lowest BCUT2D eigenvalue weighted by molar-refractivity contribution is 0.290. The quantitative estimate of drug-likeness (QED) is 0.730. The van der Waals surface area contributed by atoms with Crippen molar-refractivity contribution in [2.45, 2.75) is 11.5 Å². The SMILES string of the molecule is COc1cccc(COc2ccc(Br)cc2S(=O)(=O)Cl)n1. The lowest BCUT2D eigenvalue weighted by atomic mass is 10.3. The number of hydrogen-bond acceptors (Lipinski definition) is 5. The predicted molar refractivity (Wildman–Crippen MR) is 82.3 cm³/mol. The van der Waals surface area contributed by atoms with Crippen LogP contribution in [0.15, 0.2) is 45.8 Å². The average Bonchev–Trinajstić information content (AvgIpc) is 2.45. The van der Waals surface area contributed by atoms with Crippen molar-refractivity contribution in [3.63, 3.8) is 0 Å². The summed E-state index contributed by atoms with van der Waals surface area (Å²) in [5, 5.41) is 0. The van der Waals surface area contributed by atoms with Crippen LogP contribution >= 0.6 is 26.6 Å². The molecule has 0 aliphatic rings. The number of hydrogen-bond donors (Lipinski definition) is 0. The van der Waals surface area contributed by atoms with Gasteiger partial charge in [-0.3, -0.25) is 0 Å². The van der Waals surface area contributed by atoms with Gasteiger partial charge in [0.1, 0.15) is 17.3 Å². The standard InChI is InChI=1S/C13H11BrClNO4S/c1-19-13-4-2-3-10(16-13)8-20-11-6-5-9(14)7-12(11)21(15,17)18/h2-7H,8H2,1H3.